The maximum atomic E-state index is 15.1. The topological polar surface area (TPSA) is 81.2 Å². The van der Waals surface area contributed by atoms with Crippen molar-refractivity contribution in [2.45, 2.75) is 67.5 Å². The number of carbonyl (C=O) groups is 3. The second-order valence-electron chi connectivity index (χ2n) is 13.7. The van der Waals surface area contributed by atoms with Crippen molar-refractivity contribution in [3.63, 3.8) is 0 Å². The predicted octanol–water partition coefficient (Wildman–Crippen LogP) is 6.61. The van der Waals surface area contributed by atoms with Crippen molar-refractivity contribution < 1.29 is 19.5 Å². The molecule has 0 aromatic heterocycles. The molecule has 3 saturated heterocycles. The normalized spacial score (nSPS) is 25.7. The Morgan fingerprint density at radius 1 is 0.917 bits per heavy atom. The Labute approximate surface area is 288 Å². The van der Waals surface area contributed by atoms with Gasteiger partial charge >= 0.3 is 0 Å². The highest BCUT2D eigenvalue weighted by Gasteiger charge is 2.77. The van der Waals surface area contributed by atoms with Crippen molar-refractivity contribution in [2.24, 2.45) is 11.8 Å². The SMILES string of the molecule is C=CCN(Cc1ccccc1)C(=O)[C@H]1[C@H]2C(=O)N(CCCCCCO)C(C(=O)N(CC=C)c3ccc4ccccc4c3)C23CC[C@]1(C)S3. The first-order valence-electron chi connectivity index (χ1n) is 17.2. The second-order valence-corrected chi connectivity index (χ2v) is 15.6. The molecule has 3 aromatic rings. The highest BCUT2D eigenvalue weighted by Crippen LogP contribution is 2.71. The molecule has 3 fully saturated rings. The summed E-state index contributed by atoms with van der Waals surface area (Å²) in [5.41, 5.74) is 1.79. The Bertz CT molecular complexity index is 1680. The van der Waals surface area contributed by atoms with E-state index in [1.54, 1.807) is 28.8 Å². The summed E-state index contributed by atoms with van der Waals surface area (Å²) in [5.74, 6) is -1.38. The smallest absolute Gasteiger partial charge is 0.251 e. The monoisotopic (exact) mass is 665 g/mol. The van der Waals surface area contributed by atoms with Crippen molar-refractivity contribution in [2.75, 3.05) is 31.1 Å². The number of anilines is 1. The number of aliphatic hydroxyl groups is 1. The van der Waals surface area contributed by atoms with Crippen molar-refractivity contribution >= 4 is 45.9 Å². The number of benzene rings is 3. The molecule has 0 radical (unpaired) electrons. The number of likely N-dealkylation sites (tertiary alicyclic amines) is 1. The van der Waals surface area contributed by atoms with Gasteiger partial charge < -0.3 is 19.8 Å². The lowest BCUT2D eigenvalue weighted by atomic mass is 9.66. The van der Waals surface area contributed by atoms with Gasteiger partial charge in [-0.2, -0.15) is 0 Å². The standard InChI is InChI=1S/C40H47N3O4S/c1-4-23-41(28-29-15-9-8-10-16-29)36(45)33-34-37(46)43(25-13-6-7-14-26-44)35(40(34)22-21-39(33,3)48-40)38(47)42(24-5-2)32-20-19-30-17-11-12-18-31(30)27-32/h4-5,8-12,15-20,27,33-35,44H,1-2,6-7,13-14,21-26,28H2,3H3/t33-,34+,35?,39+,40?/m1/s1. The van der Waals surface area contributed by atoms with Crippen LogP contribution in [0.2, 0.25) is 0 Å². The van der Waals surface area contributed by atoms with Crippen LogP contribution in [0.25, 0.3) is 10.8 Å². The molecule has 1 spiro atoms. The first-order chi connectivity index (χ1) is 23.3. The van der Waals surface area contributed by atoms with E-state index in [-0.39, 0.29) is 24.3 Å². The van der Waals surface area contributed by atoms with E-state index < -0.39 is 27.4 Å². The molecule has 8 heteroatoms. The summed E-state index contributed by atoms with van der Waals surface area (Å²) in [5, 5.41) is 11.4. The van der Waals surface area contributed by atoms with Crippen LogP contribution in [0, 0.1) is 11.8 Å². The number of carbonyl (C=O) groups excluding carboxylic acids is 3. The Balaban J connectivity index is 1.38. The number of nitrogens with zero attached hydrogens (tertiary/aromatic N) is 3. The number of aliphatic hydroxyl groups excluding tert-OH is 1. The highest BCUT2D eigenvalue weighted by molar-refractivity contribution is 8.02. The molecule has 252 valence electrons. The van der Waals surface area contributed by atoms with Crippen molar-refractivity contribution in [3.05, 3.63) is 104 Å². The van der Waals surface area contributed by atoms with Crippen LogP contribution >= 0.6 is 11.8 Å². The third-order valence-electron chi connectivity index (χ3n) is 10.6. The zero-order valence-electron chi connectivity index (χ0n) is 27.9. The van der Waals surface area contributed by atoms with E-state index in [0.29, 0.717) is 39.0 Å². The molecule has 3 aliphatic rings. The average molecular weight is 666 g/mol. The quantitative estimate of drug-likeness (QED) is 0.146. The van der Waals surface area contributed by atoms with Gasteiger partial charge in [-0.1, -0.05) is 85.7 Å². The van der Waals surface area contributed by atoms with Crippen LogP contribution in [-0.4, -0.2) is 74.4 Å². The van der Waals surface area contributed by atoms with Gasteiger partial charge in [-0.05, 0) is 61.1 Å². The van der Waals surface area contributed by atoms with Crippen LogP contribution in [0.1, 0.15) is 51.0 Å². The minimum Gasteiger partial charge on any atom is -0.396 e. The number of unbranched alkanes of at least 4 members (excludes halogenated alkanes) is 3. The van der Waals surface area contributed by atoms with Crippen molar-refractivity contribution in [1.29, 1.82) is 0 Å². The molecular weight excluding hydrogens is 619 g/mol. The summed E-state index contributed by atoms with van der Waals surface area (Å²) in [7, 11) is 0. The fourth-order valence-electron chi connectivity index (χ4n) is 8.40. The summed E-state index contributed by atoms with van der Waals surface area (Å²) >= 11 is 1.71. The van der Waals surface area contributed by atoms with E-state index in [0.717, 1.165) is 47.7 Å². The molecule has 6 rings (SSSR count). The minimum absolute atomic E-state index is 0.0397. The largest absolute Gasteiger partial charge is 0.396 e. The summed E-state index contributed by atoms with van der Waals surface area (Å²) in [6.45, 7) is 11.7. The molecule has 2 unspecified atom stereocenters. The molecule has 1 N–H and O–H groups in total. The zero-order valence-corrected chi connectivity index (χ0v) is 28.7. The third-order valence-corrected chi connectivity index (χ3v) is 12.6. The van der Waals surface area contributed by atoms with Crippen LogP contribution < -0.4 is 4.90 Å². The molecule has 7 nitrogen and oxygen atoms in total. The molecule has 3 aliphatic heterocycles. The lowest BCUT2D eigenvalue weighted by Crippen LogP contribution is -2.55. The van der Waals surface area contributed by atoms with Crippen LogP contribution in [0.4, 0.5) is 5.69 Å². The molecule has 5 atom stereocenters. The molecule has 0 aliphatic carbocycles. The Morgan fingerprint density at radius 2 is 1.62 bits per heavy atom. The Hall–Kier alpha value is -3.88. The van der Waals surface area contributed by atoms with Gasteiger partial charge in [0.05, 0.1) is 16.6 Å². The molecule has 48 heavy (non-hydrogen) atoms. The average Bonchev–Trinajstić information content (AvgIpc) is 3.67. The molecule has 3 heterocycles. The van der Waals surface area contributed by atoms with Gasteiger partial charge in [0, 0.05) is 43.2 Å². The molecule has 3 amide bonds. The van der Waals surface area contributed by atoms with Crippen molar-refractivity contribution in [3.8, 4) is 0 Å². The predicted molar refractivity (Wildman–Crippen MR) is 195 cm³/mol. The molecule has 2 bridgehead atoms. The van der Waals surface area contributed by atoms with Crippen LogP contribution in [0.3, 0.4) is 0 Å². The van der Waals surface area contributed by atoms with Gasteiger partial charge in [0.1, 0.15) is 6.04 Å². The van der Waals surface area contributed by atoms with Gasteiger partial charge in [0.15, 0.2) is 0 Å². The number of hydrogen-bond donors (Lipinski definition) is 1. The maximum absolute atomic E-state index is 15.1. The van der Waals surface area contributed by atoms with Crippen molar-refractivity contribution in [1.82, 2.24) is 9.80 Å². The number of rotatable bonds is 15. The first-order valence-corrected chi connectivity index (χ1v) is 18.1. The highest BCUT2D eigenvalue weighted by atomic mass is 32.2. The van der Waals surface area contributed by atoms with Crippen LogP contribution in [-0.2, 0) is 20.9 Å². The van der Waals surface area contributed by atoms with Gasteiger partial charge in [-0.3, -0.25) is 14.4 Å². The van der Waals surface area contributed by atoms with Crippen LogP contribution in [0.5, 0.6) is 0 Å². The van der Waals surface area contributed by atoms with Gasteiger partial charge in [-0.25, -0.2) is 0 Å². The first kappa shape index (κ1) is 34.0. The molecular formula is C40H47N3O4S. The number of fused-ring (bicyclic) bond motifs is 2. The third kappa shape index (κ3) is 6.09. The van der Waals surface area contributed by atoms with Gasteiger partial charge in [-0.15, -0.1) is 24.9 Å². The Morgan fingerprint density at radius 3 is 2.35 bits per heavy atom. The maximum Gasteiger partial charge on any atom is 0.251 e. The second kappa shape index (κ2) is 14.3. The van der Waals surface area contributed by atoms with E-state index >= 15 is 4.79 Å². The zero-order chi connectivity index (χ0) is 33.9. The van der Waals surface area contributed by atoms with E-state index in [1.165, 1.54) is 0 Å². The molecule has 3 aromatic carbocycles. The van der Waals surface area contributed by atoms with Gasteiger partial charge in [0.2, 0.25) is 11.8 Å². The minimum atomic E-state index is -0.711. The number of thioether (sulfide) groups is 1. The fraction of sp³-hybridized carbons (Fsp3) is 0.425. The summed E-state index contributed by atoms with van der Waals surface area (Å²) in [6.07, 6.45) is 8.09. The molecule has 0 saturated carbocycles. The summed E-state index contributed by atoms with van der Waals surface area (Å²) in [4.78, 5) is 50.0. The van der Waals surface area contributed by atoms with Crippen LogP contribution in [0.15, 0.2) is 98.1 Å². The lowest BCUT2D eigenvalue weighted by molar-refractivity contribution is -0.145. The van der Waals surface area contributed by atoms with Gasteiger partial charge in [0.25, 0.3) is 5.91 Å². The number of hydrogen-bond acceptors (Lipinski definition) is 5. The Kier molecular flexibility index (Phi) is 10.1. The number of amides is 3. The lowest BCUT2D eigenvalue weighted by Gasteiger charge is -2.38. The fourth-order valence-corrected chi connectivity index (χ4v) is 10.7. The summed E-state index contributed by atoms with van der Waals surface area (Å²) < 4.78 is -1.18. The van der Waals surface area contributed by atoms with E-state index in [4.69, 9.17) is 0 Å². The van der Waals surface area contributed by atoms with E-state index in [9.17, 15) is 14.7 Å². The van der Waals surface area contributed by atoms with E-state index in [1.807, 2.05) is 76.5 Å². The summed E-state index contributed by atoms with van der Waals surface area (Å²) in [6, 6.07) is 23.3. The van der Waals surface area contributed by atoms with E-state index in [2.05, 4.69) is 26.1 Å².